The first-order valence-electron chi connectivity index (χ1n) is 9.81. The van der Waals surface area contributed by atoms with Gasteiger partial charge in [0.25, 0.3) is 0 Å². The Bertz CT molecular complexity index is 945. The maximum atomic E-state index is 14.5. The zero-order valence-corrected chi connectivity index (χ0v) is 16.7. The Morgan fingerprint density at radius 1 is 1.48 bits per heavy atom. The monoisotopic (exact) mass is 399 g/mol. The number of nitrogens with one attached hydrogen (secondary N) is 2. The molecule has 1 fully saturated rings. The van der Waals surface area contributed by atoms with Crippen molar-refractivity contribution >= 4 is 22.4 Å². The van der Waals surface area contributed by atoms with Crippen LogP contribution in [0.1, 0.15) is 12.2 Å². The van der Waals surface area contributed by atoms with Crippen LogP contribution in [0.15, 0.2) is 30.9 Å². The van der Waals surface area contributed by atoms with Crippen LogP contribution in [0.2, 0.25) is 0 Å². The van der Waals surface area contributed by atoms with E-state index in [4.69, 9.17) is 9.47 Å². The first-order valence-corrected chi connectivity index (χ1v) is 9.81. The van der Waals surface area contributed by atoms with Crippen LogP contribution in [0.25, 0.3) is 10.9 Å². The van der Waals surface area contributed by atoms with Gasteiger partial charge in [0.1, 0.15) is 35.6 Å². The number of halogens is 1. The Kier molecular flexibility index (Phi) is 5.53. The lowest BCUT2D eigenvalue weighted by Gasteiger charge is -2.33. The number of likely N-dealkylation sites (N-methyl/N-ethyl adjacent to an activating group) is 1. The molecular formula is C21H26FN5O2. The van der Waals surface area contributed by atoms with Crippen molar-refractivity contribution in [2.24, 2.45) is 0 Å². The van der Waals surface area contributed by atoms with Crippen molar-refractivity contribution in [2.75, 3.05) is 43.5 Å². The molecular weight excluding hydrogens is 373 g/mol. The zero-order chi connectivity index (χ0) is 20.4. The highest BCUT2D eigenvalue weighted by Crippen LogP contribution is 2.46. The van der Waals surface area contributed by atoms with Crippen molar-refractivity contribution in [2.45, 2.75) is 25.7 Å². The Morgan fingerprint density at radius 3 is 3.03 bits per heavy atom. The lowest BCUT2D eigenvalue weighted by Crippen LogP contribution is -2.50. The van der Waals surface area contributed by atoms with Gasteiger partial charge in [0, 0.05) is 31.9 Å². The van der Waals surface area contributed by atoms with E-state index in [1.54, 1.807) is 25.2 Å². The number of rotatable bonds is 7. The maximum absolute atomic E-state index is 14.5. The first-order chi connectivity index (χ1) is 14.1. The largest absolute Gasteiger partial charge is 0.486 e. The Balaban J connectivity index is 1.79. The number of nitrogens with zero attached hydrogens (tertiary/aromatic N) is 3. The van der Waals surface area contributed by atoms with Gasteiger partial charge in [-0.2, -0.15) is 0 Å². The van der Waals surface area contributed by atoms with E-state index in [1.165, 1.54) is 0 Å². The predicted octanol–water partition coefficient (Wildman–Crippen LogP) is 2.96. The number of aromatic nitrogens is 2. The fraction of sp³-hybridized carbons (Fsp3) is 0.429. The minimum Gasteiger partial charge on any atom is -0.486 e. The highest BCUT2D eigenvalue weighted by molar-refractivity contribution is 6.02. The third-order valence-corrected chi connectivity index (χ3v) is 5.00. The van der Waals surface area contributed by atoms with Crippen LogP contribution in [0.3, 0.4) is 0 Å². The predicted molar refractivity (Wildman–Crippen MR) is 113 cm³/mol. The minimum absolute atomic E-state index is 0.0909. The summed E-state index contributed by atoms with van der Waals surface area (Å²) in [7, 11) is 2.00. The standard InChI is InChI=1S/C21H26FN5O2/c1-4-5-6-7-17(22)26-21-15-10-16(29-14-11-23-12-14)20-19(27(3)8-9-28-20)18(15)24-13(2)25-21/h4-6,10,14,17,23H,1,7-9,11-12H2,2-3H3,(H,24,25,26)/b6-5-. The molecule has 8 heteroatoms. The molecule has 0 spiro atoms. The van der Waals surface area contributed by atoms with Crippen LogP contribution in [-0.4, -0.2) is 55.7 Å². The summed E-state index contributed by atoms with van der Waals surface area (Å²) in [6.07, 6.45) is 4.09. The summed E-state index contributed by atoms with van der Waals surface area (Å²) >= 11 is 0. The number of anilines is 2. The Labute approximate surface area is 169 Å². The lowest BCUT2D eigenvalue weighted by molar-refractivity contribution is 0.135. The van der Waals surface area contributed by atoms with Crippen molar-refractivity contribution in [1.82, 2.24) is 15.3 Å². The average Bonchev–Trinajstić information content (AvgIpc) is 2.65. The summed E-state index contributed by atoms with van der Waals surface area (Å²) in [5.41, 5.74) is 1.58. The molecule has 2 aliphatic heterocycles. The van der Waals surface area contributed by atoms with Crippen LogP contribution in [0.5, 0.6) is 11.5 Å². The summed E-state index contributed by atoms with van der Waals surface area (Å²) in [5.74, 6) is 2.34. The third kappa shape index (κ3) is 3.98. The van der Waals surface area contributed by atoms with Gasteiger partial charge >= 0.3 is 0 Å². The third-order valence-electron chi connectivity index (χ3n) is 5.00. The van der Waals surface area contributed by atoms with Crippen molar-refractivity contribution < 1.29 is 13.9 Å². The quantitative estimate of drug-likeness (QED) is 0.548. The van der Waals surface area contributed by atoms with E-state index in [2.05, 4.69) is 32.1 Å². The highest BCUT2D eigenvalue weighted by atomic mass is 19.1. The first kappa shape index (κ1) is 19.4. The van der Waals surface area contributed by atoms with Crippen LogP contribution in [0, 0.1) is 6.92 Å². The highest BCUT2D eigenvalue weighted by Gasteiger charge is 2.28. The van der Waals surface area contributed by atoms with Crippen LogP contribution in [-0.2, 0) is 0 Å². The number of hydrogen-bond donors (Lipinski definition) is 2. The second-order valence-corrected chi connectivity index (χ2v) is 7.25. The summed E-state index contributed by atoms with van der Waals surface area (Å²) in [5, 5.41) is 6.80. The van der Waals surface area contributed by atoms with E-state index >= 15 is 0 Å². The number of fused-ring (bicyclic) bond motifs is 3. The molecule has 0 aliphatic carbocycles. The maximum Gasteiger partial charge on any atom is 0.186 e. The number of alkyl halides is 1. The normalized spacial score (nSPS) is 17.6. The van der Waals surface area contributed by atoms with Gasteiger partial charge in [-0.05, 0) is 13.0 Å². The topological polar surface area (TPSA) is 71.5 Å². The minimum atomic E-state index is -1.28. The summed E-state index contributed by atoms with van der Waals surface area (Å²) < 4.78 is 26.7. The van der Waals surface area contributed by atoms with E-state index in [0.717, 1.165) is 30.8 Å². The molecule has 0 radical (unpaired) electrons. The molecule has 0 amide bonds. The summed E-state index contributed by atoms with van der Waals surface area (Å²) in [4.78, 5) is 11.2. The van der Waals surface area contributed by atoms with Gasteiger partial charge in [-0.25, -0.2) is 14.4 Å². The van der Waals surface area contributed by atoms with Crippen molar-refractivity contribution in [3.8, 4) is 11.5 Å². The Morgan fingerprint density at radius 2 is 2.31 bits per heavy atom. The molecule has 0 bridgehead atoms. The average molecular weight is 399 g/mol. The molecule has 29 heavy (non-hydrogen) atoms. The molecule has 0 saturated carbocycles. The zero-order valence-electron chi connectivity index (χ0n) is 16.7. The smallest absolute Gasteiger partial charge is 0.186 e. The van der Waals surface area contributed by atoms with Crippen molar-refractivity contribution in [3.05, 3.63) is 36.7 Å². The van der Waals surface area contributed by atoms with E-state index in [1.807, 2.05) is 13.1 Å². The fourth-order valence-corrected chi connectivity index (χ4v) is 3.43. The van der Waals surface area contributed by atoms with Gasteiger partial charge in [-0.1, -0.05) is 24.8 Å². The van der Waals surface area contributed by atoms with Crippen LogP contribution < -0.4 is 25.0 Å². The van der Waals surface area contributed by atoms with E-state index in [9.17, 15) is 4.39 Å². The van der Waals surface area contributed by atoms with E-state index in [-0.39, 0.29) is 12.5 Å². The molecule has 1 aromatic carbocycles. The van der Waals surface area contributed by atoms with Gasteiger partial charge in [-0.15, -0.1) is 0 Å². The molecule has 2 aliphatic rings. The Hall–Kier alpha value is -2.87. The van der Waals surface area contributed by atoms with Gasteiger partial charge < -0.3 is 25.0 Å². The van der Waals surface area contributed by atoms with E-state index in [0.29, 0.717) is 35.1 Å². The molecule has 154 valence electrons. The number of aryl methyl sites for hydroxylation is 1. The number of allylic oxidation sites excluding steroid dienone is 2. The van der Waals surface area contributed by atoms with Gasteiger partial charge in [0.05, 0.1) is 6.54 Å². The number of ether oxygens (including phenoxy) is 2. The van der Waals surface area contributed by atoms with E-state index < -0.39 is 6.30 Å². The molecule has 2 N–H and O–H groups in total. The van der Waals surface area contributed by atoms with Gasteiger partial charge in [-0.3, -0.25) is 0 Å². The molecule has 2 aromatic rings. The molecule has 3 heterocycles. The second kappa shape index (κ2) is 8.24. The molecule has 1 aromatic heterocycles. The van der Waals surface area contributed by atoms with Crippen LogP contribution in [0.4, 0.5) is 15.9 Å². The number of hydrogen-bond acceptors (Lipinski definition) is 7. The molecule has 7 nitrogen and oxygen atoms in total. The number of benzene rings is 1. The summed E-state index contributed by atoms with van der Waals surface area (Å²) in [6.45, 7) is 8.30. The molecule has 1 unspecified atom stereocenters. The molecule has 1 saturated heterocycles. The van der Waals surface area contributed by atoms with Gasteiger partial charge in [0.2, 0.25) is 0 Å². The van der Waals surface area contributed by atoms with Crippen LogP contribution >= 0.6 is 0 Å². The van der Waals surface area contributed by atoms with Crippen molar-refractivity contribution in [3.63, 3.8) is 0 Å². The van der Waals surface area contributed by atoms with Crippen molar-refractivity contribution in [1.29, 1.82) is 0 Å². The molecule has 1 atom stereocenters. The lowest BCUT2D eigenvalue weighted by atomic mass is 10.1. The molecule has 4 rings (SSSR count). The summed E-state index contributed by atoms with van der Waals surface area (Å²) in [6, 6.07) is 1.86. The fourth-order valence-electron chi connectivity index (χ4n) is 3.43. The SMILES string of the molecule is C=C/C=C\CC(F)Nc1nc(C)nc2c3c(c(OC4CNC4)cc12)OCCN3C. The second-order valence-electron chi connectivity index (χ2n) is 7.25. The van der Waals surface area contributed by atoms with Gasteiger partial charge in [0.15, 0.2) is 17.8 Å².